The van der Waals surface area contributed by atoms with E-state index in [0.29, 0.717) is 0 Å². The van der Waals surface area contributed by atoms with Crippen LogP contribution in [-0.2, 0) is 9.84 Å². The van der Waals surface area contributed by atoms with Crippen molar-refractivity contribution in [2.75, 3.05) is 6.26 Å². The normalized spacial score (nSPS) is 17.0. The number of rotatable bonds is 1. The second-order valence-electron chi connectivity index (χ2n) is 2.57. The van der Waals surface area contributed by atoms with Crippen LogP contribution in [0, 0.1) is 10.8 Å². The van der Waals surface area contributed by atoms with Crippen molar-refractivity contribution in [3.8, 4) is 0 Å². The van der Waals surface area contributed by atoms with E-state index in [2.05, 4.69) is 0 Å². The quantitative estimate of drug-likeness (QED) is 0.636. The molecule has 14 heavy (non-hydrogen) atoms. The number of nitrogens with one attached hydrogen (secondary N) is 2. The van der Waals surface area contributed by atoms with Gasteiger partial charge in [-0.15, -0.1) is 0 Å². The van der Waals surface area contributed by atoms with Gasteiger partial charge in [0.25, 0.3) is 0 Å². The first-order valence-corrected chi connectivity index (χ1v) is 5.56. The van der Waals surface area contributed by atoms with E-state index < -0.39 is 9.84 Å². The van der Waals surface area contributed by atoms with Gasteiger partial charge in [-0.2, -0.15) is 0 Å². The van der Waals surface area contributed by atoms with Gasteiger partial charge in [0.05, 0.1) is 21.4 Å². The average molecular weight is 237 g/mol. The van der Waals surface area contributed by atoms with Crippen LogP contribution in [0.1, 0.15) is 0 Å². The van der Waals surface area contributed by atoms with Gasteiger partial charge in [0, 0.05) is 6.26 Å². The first-order valence-electron chi connectivity index (χ1n) is 3.30. The van der Waals surface area contributed by atoms with Crippen molar-refractivity contribution < 1.29 is 13.9 Å². The molecule has 4 N–H and O–H groups in total. The molecule has 5 nitrogen and oxygen atoms in total. The fourth-order valence-corrected chi connectivity index (χ4v) is 1.81. The van der Waals surface area contributed by atoms with Gasteiger partial charge in [0.15, 0.2) is 9.84 Å². The van der Waals surface area contributed by atoms with E-state index in [1.54, 1.807) is 0 Å². The van der Waals surface area contributed by atoms with Crippen LogP contribution in [-0.4, -0.2) is 31.6 Å². The number of hydrogen-bond acceptors (Lipinski definition) is 4. The van der Waals surface area contributed by atoms with Crippen LogP contribution in [0.15, 0.2) is 22.1 Å². The van der Waals surface area contributed by atoms with Crippen molar-refractivity contribution in [2.24, 2.45) is 0 Å². The van der Waals surface area contributed by atoms with Crippen molar-refractivity contribution in [1.82, 2.24) is 0 Å². The van der Waals surface area contributed by atoms with E-state index in [9.17, 15) is 8.42 Å². The highest BCUT2D eigenvalue weighted by Crippen LogP contribution is 2.18. The summed E-state index contributed by atoms with van der Waals surface area (Å²) in [4.78, 5) is -0.165. The highest BCUT2D eigenvalue weighted by atomic mass is 35.5. The van der Waals surface area contributed by atoms with E-state index in [0.717, 1.165) is 6.26 Å². The molecule has 0 fully saturated rings. The maximum Gasteiger partial charge on any atom is 0.177 e. The number of hydrogen-bond donors (Lipinski definition) is 2. The summed E-state index contributed by atoms with van der Waals surface area (Å²) in [6.07, 6.45) is 3.53. The third-order valence-electron chi connectivity index (χ3n) is 1.52. The Labute approximate surface area is 86.3 Å². The third-order valence-corrected chi connectivity index (χ3v) is 2.97. The fourth-order valence-electron chi connectivity index (χ4n) is 0.867. The number of sulfone groups is 1. The van der Waals surface area contributed by atoms with Crippen molar-refractivity contribution >= 4 is 32.9 Å². The molecule has 0 saturated carbocycles. The van der Waals surface area contributed by atoms with Gasteiger partial charge in [0.2, 0.25) is 0 Å². The molecule has 1 rings (SSSR count). The lowest BCUT2D eigenvalue weighted by Gasteiger charge is -2.11. The fraction of sp³-hybridized carbons (Fsp3) is 0.143. The lowest BCUT2D eigenvalue weighted by atomic mass is 10.1. The first kappa shape index (κ1) is 13.0. The molecule has 0 atom stereocenters. The Hall–Kier alpha value is -0.980. The lowest BCUT2D eigenvalue weighted by Crippen LogP contribution is -2.22. The predicted molar refractivity (Wildman–Crippen MR) is 55.9 cm³/mol. The summed E-state index contributed by atoms with van der Waals surface area (Å²) < 4.78 is 22.1. The van der Waals surface area contributed by atoms with E-state index in [1.165, 1.54) is 12.2 Å². The summed E-state index contributed by atoms with van der Waals surface area (Å²) in [5.41, 5.74) is -0.611. The van der Waals surface area contributed by atoms with Crippen LogP contribution in [0.2, 0.25) is 0 Å². The Balaban J connectivity index is 0.00000169. The molecule has 0 aromatic rings. The minimum Gasteiger partial charge on any atom is -0.412 e. The largest absolute Gasteiger partial charge is 0.412 e. The topological polar surface area (TPSA) is 113 Å². The second kappa shape index (κ2) is 4.04. The molecule has 0 amide bonds. The molecular formula is C7H9ClN2O3S. The zero-order valence-electron chi connectivity index (χ0n) is 7.26. The van der Waals surface area contributed by atoms with E-state index in [4.69, 9.17) is 22.4 Å². The molecule has 1 aliphatic rings. The highest BCUT2D eigenvalue weighted by Gasteiger charge is 2.24. The Morgan fingerprint density at radius 2 is 1.71 bits per heavy atom. The number of allylic oxidation sites excluding steroid dienone is 4. The maximum absolute atomic E-state index is 11.1. The van der Waals surface area contributed by atoms with Gasteiger partial charge in [-0.25, -0.2) is 8.42 Å². The SMILES string of the molecule is CS(=O)(=O)C1=CC=C(Cl)C(=N)C1=N.O. The number of halogens is 1. The molecule has 0 aromatic heterocycles. The zero-order chi connectivity index (χ0) is 10.2. The first-order chi connectivity index (χ1) is 5.84. The summed E-state index contributed by atoms with van der Waals surface area (Å²) >= 11 is 5.53. The zero-order valence-corrected chi connectivity index (χ0v) is 8.83. The molecule has 0 unspecified atom stereocenters. The summed E-state index contributed by atoms with van der Waals surface area (Å²) in [5, 5.41) is 14.7. The molecule has 0 saturated heterocycles. The van der Waals surface area contributed by atoms with Crippen molar-refractivity contribution in [3.63, 3.8) is 0 Å². The average Bonchev–Trinajstić information content (AvgIpc) is 1.98. The summed E-state index contributed by atoms with van der Waals surface area (Å²) in [7, 11) is -3.44. The standard InChI is InChI=1S/C7H7ClN2O2S.H2O/c1-13(11,12)5-3-2-4(8)6(9)7(5)10;/h2-3,9-10H,1H3;1H2. The Morgan fingerprint density at radius 3 is 2.14 bits per heavy atom. The van der Waals surface area contributed by atoms with Gasteiger partial charge >= 0.3 is 0 Å². The minimum absolute atomic E-state index is 0. The predicted octanol–water partition coefficient (Wildman–Crippen LogP) is 0.266. The molecule has 0 bridgehead atoms. The van der Waals surface area contributed by atoms with Gasteiger partial charge < -0.3 is 5.48 Å². The minimum atomic E-state index is -3.44. The van der Waals surface area contributed by atoms with Gasteiger partial charge in [-0.05, 0) is 12.2 Å². The molecule has 0 spiro atoms. The van der Waals surface area contributed by atoms with Crippen molar-refractivity contribution in [1.29, 1.82) is 10.8 Å². The molecule has 78 valence electrons. The van der Waals surface area contributed by atoms with Crippen molar-refractivity contribution in [3.05, 3.63) is 22.1 Å². The summed E-state index contributed by atoms with van der Waals surface area (Å²) in [6.45, 7) is 0. The summed E-state index contributed by atoms with van der Waals surface area (Å²) in [5.74, 6) is 0. The monoisotopic (exact) mass is 236 g/mol. The molecule has 0 radical (unpaired) electrons. The van der Waals surface area contributed by atoms with Crippen LogP contribution >= 0.6 is 11.6 Å². The van der Waals surface area contributed by atoms with Crippen molar-refractivity contribution in [2.45, 2.75) is 0 Å². The van der Waals surface area contributed by atoms with Gasteiger partial charge in [-0.3, -0.25) is 10.8 Å². The summed E-state index contributed by atoms with van der Waals surface area (Å²) in [6, 6.07) is 0. The molecule has 0 aromatic carbocycles. The smallest absolute Gasteiger partial charge is 0.177 e. The molecule has 7 heteroatoms. The molecular weight excluding hydrogens is 228 g/mol. The lowest BCUT2D eigenvalue weighted by molar-refractivity contribution is 0.609. The van der Waals surface area contributed by atoms with Crippen LogP contribution < -0.4 is 0 Å². The second-order valence-corrected chi connectivity index (χ2v) is 4.96. The van der Waals surface area contributed by atoms with E-state index >= 15 is 0 Å². The van der Waals surface area contributed by atoms with Crippen LogP contribution in [0.25, 0.3) is 0 Å². The van der Waals surface area contributed by atoms with Crippen LogP contribution in [0.3, 0.4) is 0 Å². The molecule has 0 heterocycles. The molecule has 1 aliphatic carbocycles. The Morgan fingerprint density at radius 1 is 1.21 bits per heavy atom. The van der Waals surface area contributed by atoms with Gasteiger partial charge in [-0.1, -0.05) is 11.6 Å². The van der Waals surface area contributed by atoms with E-state index in [-0.39, 0.29) is 26.8 Å². The van der Waals surface area contributed by atoms with Gasteiger partial charge in [0.1, 0.15) is 0 Å². The Bertz CT molecular complexity index is 448. The van der Waals surface area contributed by atoms with Crippen LogP contribution in [0.4, 0.5) is 0 Å². The maximum atomic E-state index is 11.1. The van der Waals surface area contributed by atoms with Crippen LogP contribution in [0.5, 0.6) is 0 Å². The third kappa shape index (κ3) is 2.28. The Kier molecular flexibility index (Phi) is 3.75. The van der Waals surface area contributed by atoms with E-state index in [1.807, 2.05) is 0 Å². The highest BCUT2D eigenvalue weighted by molar-refractivity contribution is 7.95. The molecule has 0 aliphatic heterocycles.